The molecule has 0 amide bonds. The number of nitrogens with two attached hydrogens (primary N) is 2. The number of aromatic nitrogens is 2. The van der Waals surface area contributed by atoms with Crippen molar-refractivity contribution in [3.05, 3.63) is 34.9 Å². The van der Waals surface area contributed by atoms with Crippen molar-refractivity contribution in [2.24, 2.45) is 0 Å². The highest BCUT2D eigenvalue weighted by atomic mass is 79.9. The van der Waals surface area contributed by atoms with Crippen molar-refractivity contribution >= 4 is 27.7 Å². The second-order valence-electron chi connectivity index (χ2n) is 3.01. The van der Waals surface area contributed by atoms with Crippen LogP contribution in [0, 0.1) is 0 Å². The van der Waals surface area contributed by atoms with Crippen LogP contribution in [0.1, 0.15) is 0 Å². The fraction of sp³-hybridized carbons (Fsp3) is 0. The summed E-state index contributed by atoms with van der Waals surface area (Å²) in [7, 11) is 0. The predicted octanol–water partition coefficient (Wildman–Crippen LogP) is 2.07. The van der Waals surface area contributed by atoms with E-state index in [1.165, 1.54) is 0 Å². The van der Waals surface area contributed by atoms with Crippen molar-refractivity contribution in [2.45, 2.75) is 0 Å². The molecule has 0 fully saturated rings. The van der Waals surface area contributed by atoms with E-state index in [1.807, 2.05) is 24.3 Å². The molecule has 1 aromatic heterocycles. The van der Waals surface area contributed by atoms with E-state index in [1.54, 1.807) is 6.20 Å². The summed E-state index contributed by atoms with van der Waals surface area (Å²) in [4.78, 5) is 7.84. The number of halogens is 1. The maximum absolute atomic E-state index is 5.77. The smallest absolute Gasteiger partial charge is 0.221 e. The lowest BCUT2D eigenvalue weighted by atomic mass is 10.1. The van der Waals surface area contributed by atoms with Crippen LogP contribution in [0.5, 0.6) is 0 Å². The van der Waals surface area contributed by atoms with E-state index in [4.69, 9.17) is 11.5 Å². The standard InChI is InChI=1S/C10H9BrN4/c11-8-4-2-1-3-6(8)7-5-14-10(13)15-9(7)12/h1-5H,(H4,12,13,14,15). The number of nitrogens with zero attached hydrogens (tertiary/aromatic N) is 2. The van der Waals surface area contributed by atoms with E-state index in [9.17, 15) is 0 Å². The molecule has 0 saturated carbocycles. The molecule has 4 nitrogen and oxygen atoms in total. The summed E-state index contributed by atoms with van der Waals surface area (Å²) in [6.45, 7) is 0. The van der Waals surface area contributed by atoms with Gasteiger partial charge in [-0.05, 0) is 6.07 Å². The van der Waals surface area contributed by atoms with Crippen LogP contribution >= 0.6 is 15.9 Å². The normalized spacial score (nSPS) is 10.2. The van der Waals surface area contributed by atoms with Gasteiger partial charge in [0.25, 0.3) is 0 Å². The average molecular weight is 265 g/mol. The molecular weight excluding hydrogens is 256 g/mol. The number of nitrogen functional groups attached to an aromatic ring is 2. The van der Waals surface area contributed by atoms with Crippen molar-refractivity contribution in [3.8, 4) is 11.1 Å². The largest absolute Gasteiger partial charge is 0.383 e. The van der Waals surface area contributed by atoms with Gasteiger partial charge in [0.15, 0.2) is 0 Å². The molecule has 0 aliphatic heterocycles. The van der Waals surface area contributed by atoms with Gasteiger partial charge in [-0.2, -0.15) is 4.98 Å². The Morgan fingerprint density at radius 2 is 1.80 bits per heavy atom. The SMILES string of the molecule is Nc1ncc(-c2ccccc2Br)c(N)n1. The molecule has 0 unspecified atom stereocenters. The number of anilines is 2. The molecule has 2 rings (SSSR count). The van der Waals surface area contributed by atoms with Gasteiger partial charge in [-0.25, -0.2) is 4.98 Å². The first-order chi connectivity index (χ1) is 7.18. The van der Waals surface area contributed by atoms with Crippen molar-refractivity contribution in [1.29, 1.82) is 0 Å². The number of benzene rings is 1. The first-order valence-corrected chi connectivity index (χ1v) is 5.10. The lowest BCUT2D eigenvalue weighted by Gasteiger charge is -2.06. The number of hydrogen-bond acceptors (Lipinski definition) is 4. The third-order valence-electron chi connectivity index (χ3n) is 2.00. The zero-order valence-corrected chi connectivity index (χ0v) is 9.40. The summed E-state index contributed by atoms with van der Waals surface area (Å²) in [5.41, 5.74) is 12.9. The van der Waals surface area contributed by atoms with Gasteiger partial charge in [0.05, 0.1) is 0 Å². The molecule has 15 heavy (non-hydrogen) atoms. The molecule has 5 heteroatoms. The van der Waals surface area contributed by atoms with E-state index < -0.39 is 0 Å². The molecule has 0 saturated heterocycles. The summed E-state index contributed by atoms with van der Waals surface area (Å²) in [6, 6.07) is 7.73. The quantitative estimate of drug-likeness (QED) is 0.827. The Bertz CT molecular complexity index is 499. The van der Waals surface area contributed by atoms with Crippen LogP contribution in [-0.4, -0.2) is 9.97 Å². The third-order valence-corrected chi connectivity index (χ3v) is 2.69. The van der Waals surface area contributed by atoms with E-state index in [2.05, 4.69) is 25.9 Å². The van der Waals surface area contributed by atoms with Crippen LogP contribution in [-0.2, 0) is 0 Å². The van der Waals surface area contributed by atoms with Crippen LogP contribution in [0.25, 0.3) is 11.1 Å². The lowest BCUT2D eigenvalue weighted by molar-refractivity contribution is 1.20. The molecule has 0 radical (unpaired) electrons. The molecule has 0 aliphatic rings. The van der Waals surface area contributed by atoms with Gasteiger partial charge in [0.2, 0.25) is 5.95 Å². The van der Waals surface area contributed by atoms with Crippen LogP contribution in [0.3, 0.4) is 0 Å². The van der Waals surface area contributed by atoms with Gasteiger partial charge in [0.1, 0.15) is 5.82 Å². The van der Waals surface area contributed by atoms with E-state index in [0.717, 1.165) is 15.6 Å². The maximum atomic E-state index is 5.77. The predicted molar refractivity (Wildman–Crippen MR) is 64.0 cm³/mol. The van der Waals surface area contributed by atoms with Crippen LogP contribution in [0.4, 0.5) is 11.8 Å². The maximum Gasteiger partial charge on any atom is 0.221 e. The van der Waals surface area contributed by atoms with E-state index in [0.29, 0.717) is 5.82 Å². The summed E-state index contributed by atoms with van der Waals surface area (Å²) in [6.07, 6.45) is 1.62. The van der Waals surface area contributed by atoms with Crippen molar-refractivity contribution in [1.82, 2.24) is 9.97 Å². The van der Waals surface area contributed by atoms with Crippen LogP contribution in [0.2, 0.25) is 0 Å². The van der Waals surface area contributed by atoms with Gasteiger partial charge in [-0.15, -0.1) is 0 Å². The van der Waals surface area contributed by atoms with Crippen molar-refractivity contribution in [2.75, 3.05) is 11.5 Å². The molecule has 0 aliphatic carbocycles. The summed E-state index contributed by atoms with van der Waals surface area (Å²) in [5, 5.41) is 0. The van der Waals surface area contributed by atoms with Gasteiger partial charge in [-0.1, -0.05) is 34.1 Å². The molecule has 0 spiro atoms. The van der Waals surface area contributed by atoms with Crippen molar-refractivity contribution < 1.29 is 0 Å². The Kier molecular flexibility index (Phi) is 2.55. The molecule has 4 N–H and O–H groups in total. The fourth-order valence-corrected chi connectivity index (χ4v) is 1.79. The van der Waals surface area contributed by atoms with Gasteiger partial charge in [-0.3, -0.25) is 0 Å². The van der Waals surface area contributed by atoms with E-state index >= 15 is 0 Å². The molecule has 1 heterocycles. The molecule has 0 bridgehead atoms. The van der Waals surface area contributed by atoms with Gasteiger partial charge in [0, 0.05) is 21.8 Å². The van der Waals surface area contributed by atoms with Gasteiger partial charge >= 0.3 is 0 Å². The Labute approximate surface area is 95.5 Å². The average Bonchev–Trinajstić information content (AvgIpc) is 2.20. The highest BCUT2D eigenvalue weighted by molar-refractivity contribution is 9.10. The fourth-order valence-electron chi connectivity index (χ4n) is 1.30. The first-order valence-electron chi connectivity index (χ1n) is 4.31. The molecule has 2 aromatic rings. The minimum Gasteiger partial charge on any atom is -0.383 e. The minimum absolute atomic E-state index is 0.184. The Hall–Kier alpha value is -1.62. The van der Waals surface area contributed by atoms with E-state index in [-0.39, 0.29) is 5.95 Å². The second-order valence-corrected chi connectivity index (χ2v) is 3.86. The monoisotopic (exact) mass is 264 g/mol. The van der Waals surface area contributed by atoms with Gasteiger partial charge < -0.3 is 11.5 Å². The Morgan fingerprint density at radius 3 is 2.47 bits per heavy atom. The van der Waals surface area contributed by atoms with Crippen molar-refractivity contribution in [3.63, 3.8) is 0 Å². The Balaban J connectivity index is 2.60. The minimum atomic E-state index is 0.184. The summed E-state index contributed by atoms with van der Waals surface area (Å²) < 4.78 is 0.949. The van der Waals surface area contributed by atoms with Crippen LogP contribution < -0.4 is 11.5 Å². The molecule has 1 aromatic carbocycles. The molecular formula is C10H9BrN4. The first kappa shape index (κ1) is 9.92. The summed E-state index contributed by atoms with van der Waals surface area (Å²) >= 11 is 3.44. The highest BCUT2D eigenvalue weighted by Gasteiger charge is 2.07. The lowest BCUT2D eigenvalue weighted by Crippen LogP contribution is -2.01. The number of rotatable bonds is 1. The second kappa shape index (κ2) is 3.86. The van der Waals surface area contributed by atoms with Crippen LogP contribution in [0.15, 0.2) is 34.9 Å². The topological polar surface area (TPSA) is 77.8 Å². The molecule has 0 atom stereocenters. The highest BCUT2D eigenvalue weighted by Crippen LogP contribution is 2.30. The summed E-state index contributed by atoms with van der Waals surface area (Å²) in [5.74, 6) is 0.567. The number of hydrogen-bond donors (Lipinski definition) is 2. The zero-order valence-electron chi connectivity index (χ0n) is 7.81. The molecule has 76 valence electrons. The Morgan fingerprint density at radius 1 is 1.07 bits per heavy atom. The third kappa shape index (κ3) is 1.92. The zero-order chi connectivity index (χ0) is 10.8.